The van der Waals surface area contributed by atoms with Crippen LogP contribution in [0.1, 0.15) is 0 Å². The van der Waals surface area contributed by atoms with E-state index in [0.717, 1.165) is 19.4 Å². The summed E-state index contributed by atoms with van der Waals surface area (Å²) in [6.07, 6.45) is 0.937. The van der Waals surface area contributed by atoms with Gasteiger partial charge in [-0.1, -0.05) is 0 Å². The lowest BCUT2D eigenvalue weighted by atomic mass is 10.2. The maximum atomic E-state index is 10.1. The van der Waals surface area contributed by atoms with Gasteiger partial charge < -0.3 is 10.5 Å². The number of carbonyl (C=O) groups excluding carboxylic acids is 1. The van der Waals surface area contributed by atoms with Crippen molar-refractivity contribution in [3.63, 3.8) is 0 Å². The molecule has 0 bridgehead atoms. The highest BCUT2D eigenvalue weighted by atomic mass is 16.1. The number of hydrogen-bond donors (Lipinski definition) is 2. The van der Waals surface area contributed by atoms with Crippen LogP contribution in [0.3, 0.4) is 0 Å². The molecule has 0 aromatic heterocycles. The topological polar surface area (TPSA) is 58.4 Å². The molecule has 9 heavy (non-hydrogen) atoms. The average molecular weight is 129 g/mol. The molecule has 1 rings (SSSR count). The summed E-state index contributed by atoms with van der Waals surface area (Å²) in [4.78, 5) is 10.1. The maximum absolute atomic E-state index is 10.1. The zero-order valence-electron chi connectivity index (χ0n) is 5.21. The van der Waals surface area contributed by atoms with Gasteiger partial charge in [0.15, 0.2) is 0 Å². The summed E-state index contributed by atoms with van der Waals surface area (Å²) in [6, 6.07) is 0.0635. The lowest BCUT2D eigenvalue weighted by Crippen LogP contribution is -2.63. The van der Waals surface area contributed by atoms with Gasteiger partial charge in [-0.2, -0.15) is 0 Å². The Hall–Kier alpha value is -0.450. The van der Waals surface area contributed by atoms with Gasteiger partial charge in [0, 0.05) is 19.6 Å². The molecule has 0 spiro atoms. The Morgan fingerprint density at radius 3 is 3.00 bits per heavy atom. The van der Waals surface area contributed by atoms with E-state index in [-0.39, 0.29) is 6.04 Å². The molecular formula is C5H11N3O. The summed E-state index contributed by atoms with van der Waals surface area (Å²) in [5.41, 5.74) is 8.23. The smallest absolute Gasteiger partial charge is 0.139 e. The quantitative estimate of drug-likeness (QED) is 0.447. The fourth-order valence-electron chi connectivity index (χ4n) is 0.831. The molecule has 0 aromatic rings. The van der Waals surface area contributed by atoms with Crippen molar-refractivity contribution in [1.29, 1.82) is 0 Å². The van der Waals surface area contributed by atoms with Crippen molar-refractivity contribution in [1.82, 2.24) is 10.4 Å². The minimum atomic E-state index is 0.0635. The van der Waals surface area contributed by atoms with E-state index in [1.807, 2.05) is 5.01 Å². The number of nitrogens with two attached hydrogens (primary N) is 1. The van der Waals surface area contributed by atoms with Crippen molar-refractivity contribution in [2.45, 2.75) is 6.04 Å². The van der Waals surface area contributed by atoms with Gasteiger partial charge in [0.05, 0.1) is 6.04 Å². The molecule has 1 saturated heterocycles. The van der Waals surface area contributed by atoms with Crippen LogP contribution in [-0.4, -0.2) is 37.0 Å². The Bertz CT molecular complexity index is 106. The molecular weight excluding hydrogens is 118 g/mol. The van der Waals surface area contributed by atoms with Crippen LogP contribution < -0.4 is 11.2 Å². The lowest BCUT2D eigenvalue weighted by Gasteiger charge is -2.37. The number of nitrogens with one attached hydrogen (secondary N) is 1. The SMILES string of the molecule is NCCN1NCC1C=O. The number of hydrazine groups is 1. The average Bonchev–Trinajstić information content (AvgIpc) is 1.82. The third-order valence-corrected chi connectivity index (χ3v) is 1.43. The van der Waals surface area contributed by atoms with Gasteiger partial charge in [0.1, 0.15) is 6.29 Å². The minimum Gasteiger partial charge on any atom is -0.329 e. The second-order valence-electron chi connectivity index (χ2n) is 2.05. The van der Waals surface area contributed by atoms with E-state index < -0.39 is 0 Å². The zero-order valence-corrected chi connectivity index (χ0v) is 5.21. The van der Waals surface area contributed by atoms with Crippen LogP contribution in [0.5, 0.6) is 0 Å². The highest BCUT2D eigenvalue weighted by Gasteiger charge is 2.25. The molecule has 0 saturated carbocycles. The van der Waals surface area contributed by atoms with Crippen molar-refractivity contribution in [3.05, 3.63) is 0 Å². The molecule has 0 aliphatic carbocycles. The van der Waals surface area contributed by atoms with Gasteiger partial charge >= 0.3 is 0 Å². The summed E-state index contributed by atoms with van der Waals surface area (Å²) in [7, 11) is 0. The molecule has 4 nitrogen and oxygen atoms in total. The highest BCUT2D eigenvalue weighted by Crippen LogP contribution is 1.99. The second-order valence-corrected chi connectivity index (χ2v) is 2.05. The van der Waals surface area contributed by atoms with Gasteiger partial charge in [-0.15, -0.1) is 0 Å². The number of hydrogen-bond acceptors (Lipinski definition) is 4. The summed E-state index contributed by atoms with van der Waals surface area (Å²) in [5, 5.41) is 1.84. The summed E-state index contributed by atoms with van der Waals surface area (Å²) in [5.74, 6) is 0. The molecule has 1 heterocycles. The third kappa shape index (κ3) is 1.27. The van der Waals surface area contributed by atoms with Crippen molar-refractivity contribution in [3.8, 4) is 0 Å². The first-order valence-electron chi connectivity index (χ1n) is 3.04. The molecule has 1 unspecified atom stereocenters. The van der Waals surface area contributed by atoms with E-state index >= 15 is 0 Å². The molecule has 0 amide bonds. The summed E-state index contributed by atoms with van der Waals surface area (Å²) >= 11 is 0. The van der Waals surface area contributed by atoms with Crippen molar-refractivity contribution >= 4 is 6.29 Å². The second kappa shape index (κ2) is 2.91. The number of aldehydes is 1. The molecule has 1 atom stereocenters. The van der Waals surface area contributed by atoms with E-state index in [4.69, 9.17) is 5.73 Å². The number of nitrogens with zero attached hydrogens (tertiary/aromatic N) is 1. The molecule has 1 fully saturated rings. The summed E-state index contributed by atoms with van der Waals surface area (Å²) < 4.78 is 0. The molecule has 3 N–H and O–H groups in total. The Morgan fingerprint density at radius 1 is 1.89 bits per heavy atom. The number of carbonyl (C=O) groups is 1. The van der Waals surface area contributed by atoms with Gasteiger partial charge in [0.2, 0.25) is 0 Å². The Balaban J connectivity index is 2.18. The fourth-order valence-corrected chi connectivity index (χ4v) is 0.831. The predicted octanol–water partition coefficient (Wildman–Crippen LogP) is -1.67. The predicted molar refractivity (Wildman–Crippen MR) is 33.6 cm³/mol. The van der Waals surface area contributed by atoms with Gasteiger partial charge in [-0.3, -0.25) is 5.43 Å². The van der Waals surface area contributed by atoms with Crippen LogP contribution in [0, 0.1) is 0 Å². The van der Waals surface area contributed by atoms with E-state index in [0.29, 0.717) is 6.54 Å². The largest absolute Gasteiger partial charge is 0.329 e. The van der Waals surface area contributed by atoms with Crippen LogP contribution in [0.25, 0.3) is 0 Å². The van der Waals surface area contributed by atoms with Crippen molar-refractivity contribution < 1.29 is 4.79 Å². The highest BCUT2D eigenvalue weighted by molar-refractivity contribution is 5.59. The van der Waals surface area contributed by atoms with E-state index in [1.54, 1.807) is 0 Å². The van der Waals surface area contributed by atoms with Crippen LogP contribution in [0.2, 0.25) is 0 Å². The standard InChI is InChI=1S/C5H11N3O/c6-1-2-8-5(4-9)3-7-8/h4-5,7H,1-3,6H2. The van der Waals surface area contributed by atoms with Crippen LogP contribution in [0.4, 0.5) is 0 Å². The molecule has 1 aliphatic heterocycles. The molecule has 1 aliphatic rings. The monoisotopic (exact) mass is 129 g/mol. The molecule has 4 heteroatoms. The Labute approximate surface area is 54.0 Å². The minimum absolute atomic E-state index is 0.0635. The van der Waals surface area contributed by atoms with Crippen LogP contribution >= 0.6 is 0 Å². The first kappa shape index (κ1) is 6.67. The lowest BCUT2D eigenvalue weighted by molar-refractivity contribution is -0.118. The van der Waals surface area contributed by atoms with Gasteiger partial charge in [0.25, 0.3) is 0 Å². The van der Waals surface area contributed by atoms with E-state index in [1.165, 1.54) is 0 Å². The van der Waals surface area contributed by atoms with Crippen LogP contribution in [0.15, 0.2) is 0 Å². The van der Waals surface area contributed by atoms with Crippen molar-refractivity contribution in [2.75, 3.05) is 19.6 Å². The van der Waals surface area contributed by atoms with Crippen LogP contribution in [-0.2, 0) is 4.79 Å². The van der Waals surface area contributed by atoms with Gasteiger partial charge in [-0.05, 0) is 0 Å². The molecule has 0 aromatic carbocycles. The van der Waals surface area contributed by atoms with Crippen molar-refractivity contribution in [2.24, 2.45) is 5.73 Å². The summed E-state index contributed by atoms with van der Waals surface area (Å²) in [6.45, 7) is 2.12. The third-order valence-electron chi connectivity index (χ3n) is 1.43. The van der Waals surface area contributed by atoms with E-state index in [9.17, 15) is 4.79 Å². The molecule has 52 valence electrons. The Morgan fingerprint density at radius 2 is 2.67 bits per heavy atom. The Kier molecular flexibility index (Phi) is 2.16. The fraction of sp³-hybridized carbons (Fsp3) is 0.800. The first-order valence-corrected chi connectivity index (χ1v) is 3.04. The van der Waals surface area contributed by atoms with Gasteiger partial charge in [-0.25, -0.2) is 5.01 Å². The zero-order chi connectivity index (χ0) is 6.69. The number of rotatable bonds is 3. The first-order chi connectivity index (χ1) is 4.38. The normalized spacial score (nSPS) is 27.4. The maximum Gasteiger partial charge on any atom is 0.139 e. The van der Waals surface area contributed by atoms with E-state index in [2.05, 4.69) is 5.43 Å². The molecule has 0 radical (unpaired) electrons.